The molecule has 22 heavy (non-hydrogen) atoms. The first kappa shape index (κ1) is 15.1. The second kappa shape index (κ2) is 6.94. The summed E-state index contributed by atoms with van der Waals surface area (Å²) in [6, 6.07) is 8.30. The van der Waals surface area contributed by atoms with Crippen molar-refractivity contribution in [1.29, 1.82) is 0 Å². The highest BCUT2D eigenvalue weighted by molar-refractivity contribution is 5.90. The van der Waals surface area contributed by atoms with E-state index in [0.717, 1.165) is 62.0 Å². The van der Waals surface area contributed by atoms with Crippen molar-refractivity contribution < 1.29 is 19.4 Å². The quantitative estimate of drug-likeness (QED) is 0.835. The van der Waals surface area contributed by atoms with Gasteiger partial charge < -0.3 is 19.7 Å². The van der Waals surface area contributed by atoms with Crippen molar-refractivity contribution in [3.63, 3.8) is 0 Å². The molecule has 118 valence electrons. The third-order valence-electron chi connectivity index (χ3n) is 4.20. The zero-order valence-corrected chi connectivity index (χ0v) is 13.4. The molecule has 0 atom stereocenters. The van der Waals surface area contributed by atoms with Crippen LogP contribution in [0.2, 0.25) is 0 Å². The molecule has 0 amide bonds. The van der Waals surface area contributed by atoms with Gasteiger partial charge in [0.05, 0.1) is 44.5 Å². The molecule has 1 fully saturated rings. The molecule has 2 heterocycles. The van der Waals surface area contributed by atoms with Gasteiger partial charge in [-0.25, -0.2) is 4.98 Å². The monoisotopic (exact) mass is 303 g/mol. The summed E-state index contributed by atoms with van der Waals surface area (Å²) < 4.78 is 10.8. The molecule has 1 aromatic carbocycles. The van der Waals surface area contributed by atoms with E-state index in [1.54, 1.807) is 12.0 Å². The SMILES string of the molecule is COc1ccc2[nH+]c(C)cc(NCC[NH+]3CCOCC3)c2c1. The van der Waals surface area contributed by atoms with Crippen LogP contribution in [0.4, 0.5) is 5.69 Å². The first-order chi connectivity index (χ1) is 10.8. The fraction of sp³-hybridized carbons (Fsp3) is 0.471. The Kier molecular flexibility index (Phi) is 4.75. The van der Waals surface area contributed by atoms with Crippen LogP contribution in [0.25, 0.3) is 10.9 Å². The van der Waals surface area contributed by atoms with E-state index in [-0.39, 0.29) is 0 Å². The van der Waals surface area contributed by atoms with E-state index in [2.05, 4.69) is 35.4 Å². The molecule has 1 aromatic heterocycles. The van der Waals surface area contributed by atoms with Crippen molar-refractivity contribution in [2.45, 2.75) is 6.92 Å². The van der Waals surface area contributed by atoms with Crippen LogP contribution >= 0.6 is 0 Å². The number of ether oxygens (including phenoxy) is 2. The Morgan fingerprint density at radius 1 is 1.27 bits per heavy atom. The molecule has 0 aliphatic carbocycles. The molecule has 0 bridgehead atoms. The van der Waals surface area contributed by atoms with Crippen molar-refractivity contribution in [2.75, 3.05) is 51.8 Å². The van der Waals surface area contributed by atoms with Gasteiger partial charge in [-0.3, -0.25) is 0 Å². The van der Waals surface area contributed by atoms with Gasteiger partial charge in [0.1, 0.15) is 18.8 Å². The normalized spacial score (nSPS) is 15.9. The molecule has 0 spiro atoms. The molecule has 1 saturated heterocycles. The summed E-state index contributed by atoms with van der Waals surface area (Å²) in [6.45, 7) is 8.15. The Morgan fingerprint density at radius 3 is 2.86 bits per heavy atom. The summed E-state index contributed by atoms with van der Waals surface area (Å²) in [4.78, 5) is 5.01. The molecule has 1 aliphatic rings. The molecule has 3 N–H and O–H groups in total. The minimum atomic E-state index is 0.881. The van der Waals surface area contributed by atoms with Gasteiger partial charge in [0.25, 0.3) is 0 Å². The van der Waals surface area contributed by atoms with Crippen LogP contribution in [0.15, 0.2) is 24.3 Å². The highest BCUT2D eigenvalue weighted by Crippen LogP contribution is 2.25. The fourth-order valence-corrected chi connectivity index (χ4v) is 2.96. The van der Waals surface area contributed by atoms with Crippen LogP contribution in [-0.2, 0) is 4.74 Å². The lowest BCUT2D eigenvalue weighted by molar-refractivity contribution is -0.906. The van der Waals surface area contributed by atoms with Crippen LogP contribution in [0, 0.1) is 6.92 Å². The third-order valence-corrected chi connectivity index (χ3v) is 4.20. The molecular formula is C17H25N3O2+2. The number of fused-ring (bicyclic) bond motifs is 1. The van der Waals surface area contributed by atoms with Gasteiger partial charge in [0.2, 0.25) is 5.52 Å². The molecule has 1 aliphatic heterocycles. The van der Waals surface area contributed by atoms with Crippen LogP contribution in [0.5, 0.6) is 5.75 Å². The number of nitrogens with one attached hydrogen (secondary N) is 3. The minimum absolute atomic E-state index is 0.881. The molecule has 2 aromatic rings. The average molecular weight is 303 g/mol. The van der Waals surface area contributed by atoms with Gasteiger partial charge in [-0.15, -0.1) is 0 Å². The predicted molar refractivity (Wildman–Crippen MR) is 86.7 cm³/mol. The molecule has 5 nitrogen and oxygen atoms in total. The number of morpholine rings is 1. The number of hydrogen-bond acceptors (Lipinski definition) is 3. The topological polar surface area (TPSA) is 49.1 Å². The van der Waals surface area contributed by atoms with Crippen LogP contribution in [-0.4, -0.2) is 46.5 Å². The second-order valence-electron chi connectivity index (χ2n) is 5.82. The summed E-state index contributed by atoms with van der Waals surface area (Å²) in [5, 5.41) is 4.76. The summed E-state index contributed by atoms with van der Waals surface area (Å²) in [5.41, 5.74) is 3.44. The molecule has 0 saturated carbocycles. The van der Waals surface area contributed by atoms with E-state index < -0.39 is 0 Å². The van der Waals surface area contributed by atoms with E-state index >= 15 is 0 Å². The Bertz CT molecular complexity index is 639. The molecule has 0 radical (unpaired) electrons. The van der Waals surface area contributed by atoms with Crippen molar-refractivity contribution in [1.82, 2.24) is 0 Å². The number of aryl methyl sites for hydroxylation is 1. The largest absolute Gasteiger partial charge is 0.497 e. The van der Waals surface area contributed by atoms with Gasteiger partial charge in [-0.1, -0.05) is 0 Å². The van der Waals surface area contributed by atoms with E-state index in [0.29, 0.717) is 0 Å². The summed E-state index contributed by atoms with van der Waals surface area (Å²) >= 11 is 0. The zero-order valence-electron chi connectivity index (χ0n) is 13.4. The van der Waals surface area contributed by atoms with Crippen molar-refractivity contribution in [3.8, 4) is 5.75 Å². The Labute approximate surface area is 131 Å². The lowest BCUT2D eigenvalue weighted by atomic mass is 10.1. The molecule has 3 rings (SSSR count). The number of pyridine rings is 1. The number of methoxy groups -OCH3 is 1. The Balaban J connectivity index is 1.73. The standard InChI is InChI=1S/C17H23N3O2/c1-13-11-17(18-5-6-20-7-9-22-10-8-20)15-12-14(21-2)3-4-16(15)19-13/h3-4,11-12H,5-10H2,1-2H3,(H,18,19)/p+2. The number of H-pyrrole nitrogens is 1. The van der Waals surface area contributed by atoms with E-state index in [1.165, 1.54) is 5.39 Å². The summed E-state index contributed by atoms with van der Waals surface area (Å²) in [5.74, 6) is 0.881. The van der Waals surface area contributed by atoms with Crippen LogP contribution in [0.1, 0.15) is 5.69 Å². The van der Waals surface area contributed by atoms with Crippen molar-refractivity contribution in [3.05, 3.63) is 30.0 Å². The van der Waals surface area contributed by atoms with E-state index in [1.807, 2.05) is 6.07 Å². The number of aromatic amines is 1. The smallest absolute Gasteiger partial charge is 0.213 e. The number of benzene rings is 1. The average Bonchev–Trinajstić information content (AvgIpc) is 2.55. The van der Waals surface area contributed by atoms with E-state index in [9.17, 15) is 0 Å². The van der Waals surface area contributed by atoms with Gasteiger partial charge in [-0.05, 0) is 12.1 Å². The number of rotatable bonds is 5. The molecule has 5 heteroatoms. The van der Waals surface area contributed by atoms with Gasteiger partial charge in [0.15, 0.2) is 5.69 Å². The lowest BCUT2D eigenvalue weighted by Gasteiger charge is -2.24. The first-order valence-corrected chi connectivity index (χ1v) is 7.92. The number of aromatic nitrogens is 1. The first-order valence-electron chi connectivity index (χ1n) is 7.92. The lowest BCUT2D eigenvalue weighted by Crippen LogP contribution is -3.14. The molecular weight excluding hydrogens is 278 g/mol. The van der Waals surface area contributed by atoms with Crippen LogP contribution in [0.3, 0.4) is 0 Å². The summed E-state index contributed by atoms with van der Waals surface area (Å²) in [6.07, 6.45) is 0. The van der Waals surface area contributed by atoms with Crippen molar-refractivity contribution in [2.24, 2.45) is 0 Å². The fourth-order valence-electron chi connectivity index (χ4n) is 2.96. The molecule has 0 unspecified atom stereocenters. The predicted octanol–water partition coefficient (Wildman–Crippen LogP) is 0.298. The minimum Gasteiger partial charge on any atom is -0.497 e. The number of hydrogen-bond donors (Lipinski definition) is 2. The van der Waals surface area contributed by atoms with Gasteiger partial charge in [-0.2, -0.15) is 0 Å². The third kappa shape index (κ3) is 3.48. The number of quaternary nitrogens is 1. The Hall–Kier alpha value is -1.85. The zero-order chi connectivity index (χ0) is 15.4. The summed E-state index contributed by atoms with van der Waals surface area (Å²) in [7, 11) is 1.70. The highest BCUT2D eigenvalue weighted by atomic mass is 16.5. The highest BCUT2D eigenvalue weighted by Gasteiger charge is 2.14. The van der Waals surface area contributed by atoms with E-state index in [4.69, 9.17) is 9.47 Å². The van der Waals surface area contributed by atoms with Gasteiger partial charge >= 0.3 is 0 Å². The van der Waals surface area contributed by atoms with Crippen LogP contribution < -0.4 is 19.9 Å². The maximum atomic E-state index is 5.40. The maximum Gasteiger partial charge on any atom is 0.213 e. The number of anilines is 1. The van der Waals surface area contributed by atoms with Crippen molar-refractivity contribution >= 4 is 16.6 Å². The maximum absolute atomic E-state index is 5.40. The second-order valence-corrected chi connectivity index (χ2v) is 5.82. The Morgan fingerprint density at radius 2 is 2.09 bits per heavy atom. The van der Waals surface area contributed by atoms with Gasteiger partial charge in [0, 0.05) is 19.1 Å².